The molecule has 7 nitrogen and oxygen atoms in total. The van der Waals surface area contributed by atoms with E-state index in [9.17, 15) is 22.4 Å². The molecule has 154 valence electrons. The van der Waals surface area contributed by atoms with Crippen molar-refractivity contribution in [1.82, 2.24) is 5.32 Å². The first-order chi connectivity index (χ1) is 13.8. The quantitative estimate of drug-likeness (QED) is 0.640. The Bertz CT molecular complexity index is 1000. The van der Waals surface area contributed by atoms with Crippen molar-refractivity contribution in [1.29, 1.82) is 0 Å². The first kappa shape index (κ1) is 20.8. The largest absolute Gasteiger partial charge is 0.452 e. The van der Waals surface area contributed by atoms with Crippen molar-refractivity contribution in [3.05, 3.63) is 59.9 Å². The van der Waals surface area contributed by atoms with Crippen LogP contribution in [0.5, 0.6) is 0 Å². The number of esters is 1. The minimum Gasteiger partial charge on any atom is -0.452 e. The van der Waals surface area contributed by atoms with Gasteiger partial charge < -0.3 is 10.1 Å². The summed E-state index contributed by atoms with van der Waals surface area (Å²) >= 11 is 0. The Morgan fingerprint density at radius 3 is 2.45 bits per heavy atom. The van der Waals surface area contributed by atoms with E-state index in [1.807, 2.05) is 6.92 Å². The van der Waals surface area contributed by atoms with Gasteiger partial charge in [0.2, 0.25) is 0 Å². The number of rotatable bonds is 8. The SMILES string of the molecule is C[C@@H](NC(=O)COC(=O)c1ccccc1NS(=O)(=O)c1ccc(F)cc1)C1CC1. The molecule has 9 heteroatoms. The zero-order valence-electron chi connectivity index (χ0n) is 15.7. The topological polar surface area (TPSA) is 102 Å². The molecule has 2 N–H and O–H groups in total. The Labute approximate surface area is 168 Å². The number of nitrogens with one attached hydrogen (secondary N) is 2. The summed E-state index contributed by atoms with van der Waals surface area (Å²) in [4.78, 5) is 24.1. The van der Waals surface area contributed by atoms with Gasteiger partial charge in [-0.25, -0.2) is 17.6 Å². The molecule has 0 aromatic heterocycles. The third kappa shape index (κ3) is 5.54. The van der Waals surface area contributed by atoms with Crippen molar-refractivity contribution in [2.24, 2.45) is 5.92 Å². The van der Waals surface area contributed by atoms with E-state index in [0.717, 1.165) is 37.1 Å². The number of carbonyl (C=O) groups excluding carboxylic acids is 2. The molecule has 1 saturated carbocycles. The second kappa shape index (κ2) is 8.60. The lowest BCUT2D eigenvalue weighted by molar-refractivity contribution is -0.124. The van der Waals surface area contributed by atoms with E-state index < -0.39 is 34.3 Å². The van der Waals surface area contributed by atoms with Crippen LogP contribution >= 0.6 is 0 Å². The molecular formula is C20H21FN2O5S. The number of sulfonamides is 1. The summed E-state index contributed by atoms with van der Waals surface area (Å²) in [7, 11) is -4.04. The van der Waals surface area contributed by atoms with Crippen molar-refractivity contribution >= 4 is 27.6 Å². The highest BCUT2D eigenvalue weighted by Gasteiger charge is 2.29. The van der Waals surface area contributed by atoms with Gasteiger partial charge in [-0.1, -0.05) is 12.1 Å². The van der Waals surface area contributed by atoms with E-state index in [1.165, 1.54) is 12.1 Å². The summed E-state index contributed by atoms with van der Waals surface area (Å²) in [6, 6.07) is 10.2. The number of hydrogen-bond acceptors (Lipinski definition) is 5. The summed E-state index contributed by atoms with van der Waals surface area (Å²) in [5, 5.41) is 2.77. The number of halogens is 1. The molecule has 0 bridgehead atoms. The van der Waals surface area contributed by atoms with Crippen LogP contribution in [0.3, 0.4) is 0 Å². The first-order valence-corrected chi connectivity index (χ1v) is 10.6. The highest BCUT2D eigenvalue weighted by Crippen LogP contribution is 2.32. The van der Waals surface area contributed by atoms with Crippen LogP contribution in [0.15, 0.2) is 53.4 Å². The van der Waals surface area contributed by atoms with E-state index in [4.69, 9.17) is 4.74 Å². The molecule has 2 aromatic rings. The number of carbonyl (C=O) groups is 2. The number of amides is 1. The summed E-state index contributed by atoms with van der Waals surface area (Å²) in [5.74, 6) is -1.35. The molecule has 0 saturated heterocycles. The zero-order chi connectivity index (χ0) is 21.0. The molecular weight excluding hydrogens is 399 g/mol. The van der Waals surface area contributed by atoms with Crippen LogP contribution in [0.4, 0.5) is 10.1 Å². The maximum absolute atomic E-state index is 13.0. The number of anilines is 1. The van der Waals surface area contributed by atoms with Crippen molar-refractivity contribution < 1.29 is 27.1 Å². The van der Waals surface area contributed by atoms with Crippen molar-refractivity contribution in [3.8, 4) is 0 Å². The van der Waals surface area contributed by atoms with Crippen LogP contribution in [0, 0.1) is 11.7 Å². The van der Waals surface area contributed by atoms with Gasteiger partial charge >= 0.3 is 5.97 Å². The van der Waals surface area contributed by atoms with Gasteiger partial charge in [0.1, 0.15) is 5.82 Å². The van der Waals surface area contributed by atoms with Crippen LogP contribution in [-0.2, 0) is 19.6 Å². The standard InChI is InChI=1S/C20H21FN2O5S/c1-13(14-6-7-14)22-19(24)12-28-20(25)17-4-2-3-5-18(17)23-29(26,27)16-10-8-15(21)9-11-16/h2-5,8-11,13-14,23H,6-7,12H2,1H3,(H,22,24)/t13-/m1/s1. The molecule has 3 rings (SSSR count). The lowest BCUT2D eigenvalue weighted by Crippen LogP contribution is -2.37. The van der Waals surface area contributed by atoms with Gasteiger partial charge in [0.05, 0.1) is 16.1 Å². The van der Waals surface area contributed by atoms with E-state index in [2.05, 4.69) is 10.0 Å². The second-order valence-electron chi connectivity index (χ2n) is 6.87. The molecule has 1 aliphatic rings. The van der Waals surface area contributed by atoms with Crippen molar-refractivity contribution in [3.63, 3.8) is 0 Å². The lowest BCUT2D eigenvalue weighted by atomic mass is 10.2. The van der Waals surface area contributed by atoms with Gasteiger partial charge in [-0.2, -0.15) is 0 Å². The van der Waals surface area contributed by atoms with E-state index in [1.54, 1.807) is 12.1 Å². The van der Waals surface area contributed by atoms with Crippen LogP contribution < -0.4 is 10.0 Å². The van der Waals surface area contributed by atoms with Gasteiger partial charge in [0, 0.05) is 6.04 Å². The molecule has 1 atom stereocenters. The smallest absolute Gasteiger partial charge is 0.340 e. The van der Waals surface area contributed by atoms with Crippen LogP contribution in [0.1, 0.15) is 30.1 Å². The van der Waals surface area contributed by atoms with Gasteiger partial charge in [-0.15, -0.1) is 0 Å². The van der Waals surface area contributed by atoms with Gasteiger partial charge in [0.25, 0.3) is 15.9 Å². The molecule has 1 aliphatic carbocycles. The summed E-state index contributed by atoms with van der Waals surface area (Å²) in [6.45, 7) is 1.44. The minimum absolute atomic E-state index is 0.00594. The Hall–Kier alpha value is -2.94. The Morgan fingerprint density at radius 1 is 1.14 bits per heavy atom. The second-order valence-corrected chi connectivity index (χ2v) is 8.56. The number of hydrogen-bond donors (Lipinski definition) is 2. The summed E-state index contributed by atoms with van der Waals surface area (Å²) in [5.41, 5.74) is -0.0465. The predicted molar refractivity (Wildman–Crippen MR) is 104 cm³/mol. The average molecular weight is 420 g/mol. The molecule has 0 heterocycles. The third-order valence-corrected chi connectivity index (χ3v) is 5.95. The molecule has 1 fully saturated rings. The Morgan fingerprint density at radius 2 is 1.79 bits per heavy atom. The molecule has 2 aromatic carbocycles. The highest BCUT2D eigenvalue weighted by atomic mass is 32.2. The third-order valence-electron chi connectivity index (χ3n) is 4.57. The van der Waals surface area contributed by atoms with E-state index in [-0.39, 0.29) is 22.2 Å². The lowest BCUT2D eigenvalue weighted by Gasteiger charge is -2.14. The average Bonchev–Trinajstić information content (AvgIpc) is 3.52. The summed E-state index contributed by atoms with van der Waals surface area (Å²) < 4.78 is 45.4. The fraction of sp³-hybridized carbons (Fsp3) is 0.300. The maximum Gasteiger partial charge on any atom is 0.340 e. The van der Waals surface area contributed by atoms with Gasteiger partial charge in [-0.05, 0) is 62.1 Å². The number of benzene rings is 2. The molecule has 1 amide bonds. The molecule has 0 spiro atoms. The predicted octanol–water partition coefficient (Wildman–Crippen LogP) is 2.70. The number of ether oxygens (including phenoxy) is 1. The number of para-hydroxylation sites is 1. The molecule has 0 unspecified atom stereocenters. The summed E-state index contributed by atoms with van der Waals surface area (Å²) in [6.07, 6.45) is 2.14. The van der Waals surface area contributed by atoms with Crippen molar-refractivity contribution in [2.75, 3.05) is 11.3 Å². The highest BCUT2D eigenvalue weighted by molar-refractivity contribution is 7.92. The Balaban J connectivity index is 1.66. The van der Waals surface area contributed by atoms with E-state index >= 15 is 0 Å². The minimum atomic E-state index is -4.04. The molecule has 0 radical (unpaired) electrons. The van der Waals surface area contributed by atoms with Gasteiger partial charge in [-0.3, -0.25) is 9.52 Å². The monoisotopic (exact) mass is 420 g/mol. The fourth-order valence-electron chi connectivity index (χ4n) is 2.79. The first-order valence-electron chi connectivity index (χ1n) is 9.10. The van der Waals surface area contributed by atoms with Crippen molar-refractivity contribution in [2.45, 2.75) is 30.7 Å². The normalized spacial score (nSPS) is 14.7. The van der Waals surface area contributed by atoms with Crippen LogP contribution in [0.2, 0.25) is 0 Å². The zero-order valence-corrected chi connectivity index (χ0v) is 16.5. The van der Waals surface area contributed by atoms with Crippen LogP contribution in [0.25, 0.3) is 0 Å². The Kier molecular flexibility index (Phi) is 6.17. The maximum atomic E-state index is 13.0. The molecule has 29 heavy (non-hydrogen) atoms. The fourth-order valence-corrected chi connectivity index (χ4v) is 3.87. The van der Waals surface area contributed by atoms with Crippen LogP contribution in [-0.4, -0.2) is 32.9 Å². The molecule has 0 aliphatic heterocycles. The van der Waals surface area contributed by atoms with E-state index in [0.29, 0.717) is 5.92 Å². The van der Waals surface area contributed by atoms with Gasteiger partial charge in [0.15, 0.2) is 6.61 Å².